The molecule has 0 radical (unpaired) electrons. The van der Waals surface area contributed by atoms with E-state index in [-0.39, 0.29) is 5.97 Å². The van der Waals surface area contributed by atoms with Gasteiger partial charge in [-0.25, -0.2) is 9.80 Å². The van der Waals surface area contributed by atoms with Gasteiger partial charge in [0.15, 0.2) is 5.84 Å². The maximum Gasteiger partial charge on any atom is 0.328 e. The predicted molar refractivity (Wildman–Crippen MR) is 132 cm³/mol. The molecule has 1 aliphatic heterocycles. The lowest BCUT2D eigenvalue weighted by Crippen LogP contribution is -2.48. The largest absolute Gasteiger partial charge is 0.464 e. The number of nitrogens with zero attached hydrogens (tertiary/aromatic N) is 4. The predicted octanol–water partition coefficient (Wildman–Crippen LogP) is 5.51. The third-order valence-corrected chi connectivity index (χ3v) is 5.67. The number of carbonyl (C=O) groups excluding carboxylic acids is 1. The number of carbonyl (C=O) groups is 1. The molecule has 2 heterocycles. The lowest BCUT2D eigenvalue weighted by atomic mass is 10.0. The molecule has 3 aromatic carbocycles. The molecule has 4 aromatic rings. The maximum absolute atomic E-state index is 13.0. The van der Waals surface area contributed by atoms with Crippen LogP contribution in [0.1, 0.15) is 19.4 Å². The monoisotopic (exact) mass is 436 g/mol. The van der Waals surface area contributed by atoms with Gasteiger partial charge in [0.25, 0.3) is 0 Å². The first kappa shape index (κ1) is 20.7. The van der Waals surface area contributed by atoms with Gasteiger partial charge in [0.2, 0.25) is 0 Å². The Hall–Kier alpha value is -4.19. The van der Waals surface area contributed by atoms with Crippen LogP contribution in [-0.2, 0) is 9.53 Å². The summed E-state index contributed by atoms with van der Waals surface area (Å²) >= 11 is 0. The number of pyridine rings is 1. The Morgan fingerprint density at radius 3 is 2.39 bits per heavy atom. The normalized spacial score (nSPS) is 13.9. The molecule has 164 valence electrons. The van der Waals surface area contributed by atoms with Crippen LogP contribution < -0.4 is 9.91 Å². The van der Waals surface area contributed by atoms with Gasteiger partial charge in [-0.15, -0.1) is 5.10 Å². The molecule has 1 aromatic heterocycles. The number of para-hydroxylation sites is 1. The minimum absolute atomic E-state index is 0.311. The molecule has 0 saturated carbocycles. The number of anilines is 3. The van der Waals surface area contributed by atoms with Gasteiger partial charge in [-0.1, -0.05) is 60.7 Å². The van der Waals surface area contributed by atoms with Crippen LogP contribution in [0.5, 0.6) is 0 Å². The number of esters is 1. The lowest BCUT2D eigenvalue weighted by Gasteiger charge is -2.39. The number of hydrogen-bond donors (Lipinski definition) is 0. The van der Waals surface area contributed by atoms with E-state index in [2.05, 4.69) is 0 Å². The number of hydrogen-bond acceptors (Lipinski definition) is 6. The standard InChI is InChI=1S/C27H24N4O2/c1-3-33-27(32)19(2)30-25-23(17-16-20-13-10-18-28-24(20)25)31(22-14-8-5-9-15-22)29-26(30)21-11-6-4-7-12-21/h4-19H,3H2,1-2H3. The lowest BCUT2D eigenvalue weighted by molar-refractivity contribution is -0.144. The number of ether oxygens (including phenoxy) is 1. The Morgan fingerprint density at radius 1 is 0.939 bits per heavy atom. The smallest absolute Gasteiger partial charge is 0.328 e. The summed E-state index contributed by atoms with van der Waals surface area (Å²) in [4.78, 5) is 19.6. The summed E-state index contributed by atoms with van der Waals surface area (Å²) in [5, 5.41) is 7.96. The van der Waals surface area contributed by atoms with E-state index >= 15 is 0 Å². The Morgan fingerprint density at radius 2 is 1.67 bits per heavy atom. The van der Waals surface area contributed by atoms with Crippen LogP contribution in [0.25, 0.3) is 10.9 Å². The zero-order valence-electron chi connectivity index (χ0n) is 18.6. The van der Waals surface area contributed by atoms with E-state index < -0.39 is 6.04 Å². The van der Waals surface area contributed by atoms with Gasteiger partial charge in [-0.3, -0.25) is 4.98 Å². The molecule has 0 aliphatic carbocycles. The second-order valence-electron chi connectivity index (χ2n) is 7.74. The van der Waals surface area contributed by atoms with Crippen LogP contribution >= 0.6 is 0 Å². The second kappa shape index (κ2) is 8.74. The van der Waals surface area contributed by atoms with Gasteiger partial charge in [0, 0.05) is 17.1 Å². The molecular formula is C27H24N4O2. The van der Waals surface area contributed by atoms with Crippen molar-refractivity contribution in [3.63, 3.8) is 0 Å². The van der Waals surface area contributed by atoms with Crippen LogP contribution in [0.2, 0.25) is 0 Å². The number of fused-ring (bicyclic) bond motifs is 3. The first-order valence-corrected chi connectivity index (χ1v) is 11.0. The molecule has 1 unspecified atom stereocenters. The SMILES string of the molecule is CCOC(=O)C(C)N1C(c2ccccc2)=NN(c2ccccc2)c2ccc3cccnc3c21. The fourth-order valence-electron chi connectivity index (χ4n) is 4.13. The average molecular weight is 437 g/mol. The number of hydrazone groups is 1. The Balaban J connectivity index is 1.81. The van der Waals surface area contributed by atoms with Crippen molar-refractivity contribution in [3.8, 4) is 0 Å². The maximum atomic E-state index is 13.0. The van der Waals surface area contributed by atoms with Crippen LogP contribution in [0.3, 0.4) is 0 Å². The summed E-state index contributed by atoms with van der Waals surface area (Å²) in [6.45, 7) is 3.97. The van der Waals surface area contributed by atoms with Crippen LogP contribution in [0.4, 0.5) is 17.1 Å². The zero-order chi connectivity index (χ0) is 22.8. The summed E-state index contributed by atoms with van der Waals surface area (Å²) in [6, 6.07) is 27.3. The highest BCUT2D eigenvalue weighted by Gasteiger charge is 2.36. The summed E-state index contributed by atoms with van der Waals surface area (Å²) in [5.41, 5.74) is 4.30. The molecule has 0 saturated heterocycles. The van der Waals surface area contributed by atoms with Crippen molar-refractivity contribution in [1.29, 1.82) is 0 Å². The van der Waals surface area contributed by atoms with Crippen LogP contribution in [0, 0.1) is 0 Å². The molecule has 5 rings (SSSR count). The molecule has 33 heavy (non-hydrogen) atoms. The molecular weight excluding hydrogens is 412 g/mol. The molecule has 0 fully saturated rings. The molecule has 0 bridgehead atoms. The number of aromatic nitrogens is 1. The molecule has 6 heteroatoms. The van der Waals surface area contributed by atoms with Crippen molar-refractivity contribution in [1.82, 2.24) is 4.98 Å². The minimum atomic E-state index is -0.604. The highest BCUT2D eigenvalue weighted by Crippen LogP contribution is 2.44. The third kappa shape index (κ3) is 3.69. The van der Waals surface area contributed by atoms with Crippen LogP contribution in [0.15, 0.2) is 96.2 Å². The van der Waals surface area contributed by atoms with E-state index in [9.17, 15) is 4.79 Å². The van der Waals surface area contributed by atoms with Crippen molar-refractivity contribution >= 4 is 39.8 Å². The average Bonchev–Trinajstić information content (AvgIpc) is 2.88. The summed E-state index contributed by atoms with van der Waals surface area (Å²) in [7, 11) is 0. The molecule has 1 atom stereocenters. The fraction of sp³-hybridized carbons (Fsp3) is 0.148. The Kier molecular flexibility index (Phi) is 5.48. The van der Waals surface area contributed by atoms with Crippen LogP contribution in [-0.4, -0.2) is 29.4 Å². The quantitative estimate of drug-likeness (QED) is 0.386. The molecule has 0 spiro atoms. The van der Waals surface area contributed by atoms with E-state index in [4.69, 9.17) is 14.8 Å². The fourth-order valence-corrected chi connectivity index (χ4v) is 4.13. The van der Waals surface area contributed by atoms with E-state index in [0.717, 1.165) is 33.5 Å². The van der Waals surface area contributed by atoms with Gasteiger partial charge in [0.1, 0.15) is 6.04 Å². The molecule has 1 aliphatic rings. The van der Waals surface area contributed by atoms with Crippen molar-refractivity contribution in [2.24, 2.45) is 5.10 Å². The van der Waals surface area contributed by atoms with Gasteiger partial charge >= 0.3 is 5.97 Å². The highest BCUT2D eigenvalue weighted by molar-refractivity contribution is 6.20. The topological polar surface area (TPSA) is 58.0 Å². The number of benzene rings is 3. The van der Waals surface area contributed by atoms with Crippen molar-refractivity contribution in [2.45, 2.75) is 19.9 Å². The summed E-state index contributed by atoms with van der Waals surface area (Å²) in [5.74, 6) is 0.346. The zero-order valence-corrected chi connectivity index (χ0v) is 18.6. The Bertz CT molecular complexity index is 1320. The van der Waals surface area contributed by atoms with E-state index in [1.807, 2.05) is 109 Å². The van der Waals surface area contributed by atoms with Gasteiger partial charge < -0.3 is 9.64 Å². The van der Waals surface area contributed by atoms with E-state index in [1.165, 1.54) is 0 Å². The minimum Gasteiger partial charge on any atom is -0.464 e. The van der Waals surface area contributed by atoms with Gasteiger partial charge in [-0.05, 0) is 38.1 Å². The van der Waals surface area contributed by atoms with Crippen molar-refractivity contribution in [2.75, 3.05) is 16.5 Å². The van der Waals surface area contributed by atoms with Gasteiger partial charge in [-0.2, -0.15) is 0 Å². The number of rotatable bonds is 5. The molecule has 0 amide bonds. The first-order valence-electron chi connectivity index (χ1n) is 11.0. The third-order valence-electron chi connectivity index (χ3n) is 5.67. The van der Waals surface area contributed by atoms with E-state index in [1.54, 1.807) is 6.20 Å². The van der Waals surface area contributed by atoms with Crippen molar-refractivity contribution in [3.05, 3.63) is 96.7 Å². The first-order chi connectivity index (χ1) is 16.2. The highest BCUT2D eigenvalue weighted by atomic mass is 16.5. The molecule has 6 nitrogen and oxygen atoms in total. The van der Waals surface area contributed by atoms with E-state index in [0.29, 0.717) is 12.4 Å². The number of amidine groups is 1. The van der Waals surface area contributed by atoms with Gasteiger partial charge in [0.05, 0.1) is 29.2 Å². The summed E-state index contributed by atoms with van der Waals surface area (Å²) in [6.07, 6.45) is 1.77. The molecule has 0 N–H and O–H groups in total. The second-order valence-corrected chi connectivity index (χ2v) is 7.74. The Labute approximate surface area is 192 Å². The van der Waals surface area contributed by atoms with Crippen molar-refractivity contribution < 1.29 is 9.53 Å². The summed E-state index contributed by atoms with van der Waals surface area (Å²) < 4.78 is 5.41.